The maximum Gasteiger partial charge on any atom is 0.341 e. The zero-order chi connectivity index (χ0) is 25.8. The van der Waals surface area contributed by atoms with Crippen molar-refractivity contribution in [1.82, 2.24) is 10.3 Å². The first-order valence-electron chi connectivity index (χ1n) is 10.3. The number of hydrogen-bond donors (Lipinski definition) is 3. The molecule has 9 nitrogen and oxygen atoms in total. The van der Waals surface area contributed by atoms with Gasteiger partial charge < -0.3 is 20.3 Å². The first-order valence-corrected chi connectivity index (χ1v) is 11.0. The summed E-state index contributed by atoms with van der Waals surface area (Å²) in [4.78, 5) is 42.9. The quantitative estimate of drug-likeness (QED) is 0.526. The Morgan fingerprint density at radius 3 is 2.24 bits per heavy atom. The SMILES string of the molecule is CCc1cnc(C2=NC(C)(C(C)C)C(=O)N2)c(C(=O)O)c1.COc1c(Cl)ccc(Cl)c1C(=O)O. The first-order chi connectivity index (χ1) is 15.9. The monoisotopic (exact) mass is 509 g/mol. The highest BCUT2D eigenvalue weighted by Gasteiger charge is 2.43. The molecule has 1 aliphatic rings. The van der Waals surface area contributed by atoms with Gasteiger partial charge in [-0.25, -0.2) is 14.6 Å². The normalized spacial score (nSPS) is 16.9. The van der Waals surface area contributed by atoms with Gasteiger partial charge in [0.1, 0.15) is 16.8 Å². The molecule has 1 atom stereocenters. The molecular formula is C23H25Cl2N3O6. The zero-order valence-electron chi connectivity index (χ0n) is 19.3. The number of amidine groups is 1. The molecule has 0 saturated heterocycles. The standard InChI is InChI=1S/C15H19N3O3.C8H6Cl2O3/c1-5-9-6-10(13(19)20)11(16-7-9)12-17-14(21)15(4,18-12)8(2)3;1-13-7-5(10)3-2-4(9)6(7)8(11)12/h6-8H,5H2,1-4H3,(H,19,20)(H,17,18,21);2-3H,1H3,(H,11,12). The number of halogens is 2. The summed E-state index contributed by atoms with van der Waals surface area (Å²) in [5.74, 6) is -2.16. The van der Waals surface area contributed by atoms with Crippen LogP contribution in [0, 0.1) is 5.92 Å². The van der Waals surface area contributed by atoms with E-state index in [2.05, 4.69) is 15.3 Å². The number of carboxylic acids is 2. The van der Waals surface area contributed by atoms with Crippen molar-refractivity contribution in [3.63, 3.8) is 0 Å². The number of aliphatic imine (C=N–C) groups is 1. The lowest BCUT2D eigenvalue weighted by atomic mass is 9.89. The minimum atomic E-state index is -1.16. The smallest absolute Gasteiger partial charge is 0.341 e. The number of pyridine rings is 1. The van der Waals surface area contributed by atoms with Crippen LogP contribution >= 0.6 is 23.2 Å². The van der Waals surface area contributed by atoms with Gasteiger partial charge in [0.25, 0.3) is 5.91 Å². The molecule has 0 aliphatic carbocycles. The molecule has 2 heterocycles. The van der Waals surface area contributed by atoms with Crippen molar-refractivity contribution in [2.24, 2.45) is 10.9 Å². The summed E-state index contributed by atoms with van der Waals surface area (Å²) >= 11 is 11.4. The van der Waals surface area contributed by atoms with Gasteiger partial charge >= 0.3 is 11.9 Å². The third kappa shape index (κ3) is 5.48. The number of methoxy groups -OCH3 is 1. The number of aromatic carboxylic acids is 2. The Labute approximate surface area is 206 Å². The third-order valence-corrected chi connectivity index (χ3v) is 6.06. The number of hydrogen-bond acceptors (Lipinski definition) is 6. The Bertz CT molecular complexity index is 1170. The highest BCUT2D eigenvalue weighted by atomic mass is 35.5. The molecule has 3 N–H and O–H groups in total. The summed E-state index contributed by atoms with van der Waals surface area (Å²) < 4.78 is 4.82. The number of amides is 1. The summed E-state index contributed by atoms with van der Waals surface area (Å²) in [6, 6.07) is 4.47. The number of carbonyl (C=O) groups is 3. The number of aryl methyl sites for hydroxylation is 1. The molecule has 2 aromatic rings. The van der Waals surface area contributed by atoms with Gasteiger partial charge in [0.05, 0.1) is 22.7 Å². The minimum absolute atomic E-state index is 0.00167. The van der Waals surface area contributed by atoms with Crippen molar-refractivity contribution in [1.29, 1.82) is 0 Å². The largest absolute Gasteiger partial charge is 0.494 e. The van der Waals surface area contributed by atoms with Gasteiger partial charge in [0.2, 0.25) is 0 Å². The molecule has 0 saturated carbocycles. The number of carboxylic acid groups (broad SMARTS) is 2. The molecule has 0 radical (unpaired) electrons. The number of aromatic nitrogens is 1. The summed E-state index contributed by atoms with van der Waals surface area (Å²) in [7, 11) is 1.34. The van der Waals surface area contributed by atoms with E-state index < -0.39 is 17.5 Å². The summed E-state index contributed by atoms with van der Waals surface area (Å²) in [6.07, 6.45) is 2.30. The predicted molar refractivity (Wildman–Crippen MR) is 128 cm³/mol. The van der Waals surface area contributed by atoms with Crippen molar-refractivity contribution in [3.05, 3.63) is 56.8 Å². The fourth-order valence-electron chi connectivity index (χ4n) is 3.03. The third-order valence-electron chi connectivity index (χ3n) is 5.44. The topological polar surface area (TPSA) is 138 Å². The molecule has 1 aliphatic heterocycles. The van der Waals surface area contributed by atoms with E-state index in [9.17, 15) is 19.5 Å². The molecular weight excluding hydrogens is 485 g/mol. The van der Waals surface area contributed by atoms with Gasteiger partial charge in [-0.15, -0.1) is 0 Å². The fraction of sp³-hybridized carbons (Fsp3) is 0.348. The number of benzene rings is 1. The predicted octanol–water partition coefficient (Wildman–Crippen LogP) is 4.33. The number of ether oxygens (including phenoxy) is 1. The van der Waals surface area contributed by atoms with E-state index in [1.165, 1.54) is 19.2 Å². The highest BCUT2D eigenvalue weighted by molar-refractivity contribution is 6.37. The number of nitrogens with one attached hydrogen (secondary N) is 1. The fourth-order valence-corrected chi connectivity index (χ4v) is 3.50. The minimum Gasteiger partial charge on any atom is -0.494 e. The van der Waals surface area contributed by atoms with Gasteiger partial charge in [-0.3, -0.25) is 9.78 Å². The second-order valence-corrected chi connectivity index (χ2v) is 8.67. The van der Waals surface area contributed by atoms with Crippen molar-refractivity contribution >= 4 is 46.9 Å². The molecule has 1 aromatic carbocycles. The van der Waals surface area contributed by atoms with Crippen LogP contribution < -0.4 is 10.1 Å². The molecule has 182 valence electrons. The van der Waals surface area contributed by atoms with E-state index in [0.717, 1.165) is 5.56 Å². The van der Waals surface area contributed by atoms with Crippen molar-refractivity contribution < 1.29 is 29.3 Å². The van der Waals surface area contributed by atoms with Gasteiger partial charge in [-0.05, 0) is 43.0 Å². The van der Waals surface area contributed by atoms with Crippen LogP contribution in [-0.2, 0) is 11.2 Å². The molecule has 0 fully saturated rings. The van der Waals surface area contributed by atoms with Crippen LogP contribution in [0.5, 0.6) is 5.75 Å². The molecule has 0 spiro atoms. The Morgan fingerprint density at radius 2 is 1.79 bits per heavy atom. The van der Waals surface area contributed by atoms with Gasteiger partial charge in [0, 0.05) is 6.20 Å². The van der Waals surface area contributed by atoms with Crippen molar-refractivity contribution in [3.8, 4) is 5.75 Å². The summed E-state index contributed by atoms with van der Waals surface area (Å²) in [5.41, 5.74) is 0.0825. The number of rotatable bonds is 6. The lowest BCUT2D eigenvalue weighted by Crippen LogP contribution is -2.41. The molecule has 3 rings (SSSR count). The summed E-state index contributed by atoms with van der Waals surface area (Å²) in [5, 5.41) is 21.1. The number of nitrogens with zero attached hydrogens (tertiary/aromatic N) is 2. The lowest BCUT2D eigenvalue weighted by Gasteiger charge is -2.21. The Kier molecular flexibility index (Phi) is 8.63. The first kappa shape index (κ1) is 27.1. The second kappa shape index (κ2) is 10.8. The van der Waals surface area contributed by atoms with Crippen LogP contribution in [0.25, 0.3) is 0 Å². The molecule has 0 bridgehead atoms. The Hall–Kier alpha value is -3.17. The number of carbonyl (C=O) groups excluding carboxylic acids is 1. The van der Waals surface area contributed by atoms with E-state index in [1.54, 1.807) is 19.2 Å². The molecule has 1 amide bonds. The van der Waals surface area contributed by atoms with Crippen LogP contribution in [0.15, 0.2) is 29.4 Å². The lowest BCUT2D eigenvalue weighted by molar-refractivity contribution is -0.124. The zero-order valence-corrected chi connectivity index (χ0v) is 20.8. The Morgan fingerprint density at radius 1 is 1.18 bits per heavy atom. The van der Waals surface area contributed by atoms with Crippen LogP contribution in [0.3, 0.4) is 0 Å². The van der Waals surface area contributed by atoms with Crippen LogP contribution in [0.1, 0.15) is 59.7 Å². The van der Waals surface area contributed by atoms with Gasteiger partial charge in [-0.1, -0.05) is 44.0 Å². The van der Waals surface area contributed by atoms with Gasteiger partial charge in [0.15, 0.2) is 11.6 Å². The van der Waals surface area contributed by atoms with Crippen molar-refractivity contribution in [2.75, 3.05) is 7.11 Å². The van der Waals surface area contributed by atoms with E-state index in [4.69, 9.17) is 33.0 Å². The average molecular weight is 510 g/mol. The van der Waals surface area contributed by atoms with E-state index in [1.807, 2.05) is 20.8 Å². The van der Waals surface area contributed by atoms with Crippen molar-refractivity contribution in [2.45, 2.75) is 39.7 Å². The Balaban J connectivity index is 0.000000270. The molecule has 34 heavy (non-hydrogen) atoms. The van der Waals surface area contributed by atoms with Crippen LogP contribution in [-0.4, -0.2) is 51.5 Å². The molecule has 1 unspecified atom stereocenters. The average Bonchev–Trinajstić information content (AvgIpc) is 3.10. The van der Waals surface area contributed by atoms with E-state index in [0.29, 0.717) is 6.42 Å². The summed E-state index contributed by atoms with van der Waals surface area (Å²) in [6.45, 7) is 7.46. The van der Waals surface area contributed by atoms with Gasteiger partial charge in [-0.2, -0.15) is 0 Å². The van der Waals surface area contributed by atoms with Crippen LogP contribution in [0.4, 0.5) is 0 Å². The molecule has 11 heteroatoms. The maximum atomic E-state index is 12.1. The maximum absolute atomic E-state index is 12.1. The highest BCUT2D eigenvalue weighted by Crippen LogP contribution is 2.33. The second-order valence-electron chi connectivity index (χ2n) is 7.86. The molecule has 1 aromatic heterocycles. The van der Waals surface area contributed by atoms with E-state index >= 15 is 0 Å². The van der Waals surface area contributed by atoms with Crippen LogP contribution in [0.2, 0.25) is 10.0 Å². The van der Waals surface area contributed by atoms with E-state index in [-0.39, 0.29) is 50.3 Å².